The van der Waals surface area contributed by atoms with Crippen LogP contribution in [0, 0.1) is 13.8 Å². The van der Waals surface area contributed by atoms with Gasteiger partial charge in [-0.2, -0.15) is 0 Å². The summed E-state index contributed by atoms with van der Waals surface area (Å²) in [5.74, 6) is 0.880. The van der Waals surface area contributed by atoms with Crippen LogP contribution in [-0.4, -0.2) is 35.8 Å². The van der Waals surface area contributed by atoms with Gasteiger partial charge in [-0.3, -0.25) is 9.59 Å². The molecule has 0 saturated carbocycles. The lowest BCUT2D eigenvalue weighted by molar-refractivity contribution is -0.132. The van der Waals surface area contributed by atoms with Gasteiger partial charge in [0.05, 0.1) is 10.0 Å². The molecule has 2 aromatic rings. The van der Waals surface area contributed by atoms with Gasteiger partial charge < -0.3 is 14.6 Å². The molecule has 1 atom stereocenters. The standard InChI is InChI=1S/C20H23BrN2O3/c1-13-17(18(21)14(2)26-13)19(24)22-16(12-15-8-4-3-5-9-15)20(25)23-10-6-7-11-23/h3-5,8-9,16H,6-7,10-12H2,1-2H3,(H,22,24). The van der Waals surface area contributed by atoms with Crippen LogP contribution in [0.15, 0.2) is 39.2 Å². The molecule has 26 heavy (non-hydrogen) atoms. The third-order valence-corrected chi connectivity index (χ3v) is 5.67. The number of hydrogen-bond donors (Lipinski definition) is 1. The van der Waals surface area contributed by atoms with Gasteiger partial charge in [0.2, 0.25) is 5.91 Å². The molecule has 5 nitrogen and oxygen atoms in total. The lowest BCUT2D eigenvalue weighted by atomic mass is 10.0. The van der Waals surface area contributed by atoms with Crippen molar-refractivity contribution in [3.8, 4) is 0 Å². The van der Waals surface area contributed by atoms with Crippen LogP contribution in [0.2, 0.25) is 0 Å². The van der Waals surface area contributed by atoms with E-state index in [0.717, 1.165) is 31.5 Å². The van der Waals surface area contributed by atoms with Crippen molar-refractivity contribution in [2.75, 3.05) is 13.1 Å². The Hall–Kier alpha value is -2.08. The zero-order valence-electron chi connectivity index (χ0n) is 15.0. The highest BCUT2D eigenvalue weighted by Crippen LogP contribution is 2.27. The second-order valence-electron chi connectivity index (χ2n) is 6.65. The topological polar surface area (TPSA) is 62.6 Å². The van der Waals surface area contributed by atoms with Crippen molar-refractivity contribution in [2.45, 2.75) is 39.2 Å². The highest BCUT2D eigenvalue weighted by Gasteiger charge is 2.30. The number of halogens is 1. The first-order valence-corrected chi connectivity index (χ1v) is 9.65. The first kappa shape index (κ1) is 18.7. The first-order chi connectivity index (χ1) is 12.5. The summed E-state index contributed by atoms with van der Waals surface area (Å²) >= 11 is 3.41. The summed E-state index contributed by atoms with van der Waals surface area (Å²) in [5, 5.41) is 2.93. The molecule has 1 aliphatic heterocycles. The number of rotatable bonds is 5. The van der Waals surface area contributed by atoms with Crippen LogP contribution >= 0.6 is 15.9 Å². The van der Waals surface area contributed by atoms with Crippen LogP contribution in [0.5, 0.6) is 0 Å². The zero-order valence-corrected chi connectivity index (χ0v) is 16.6. The smallest absolute Gasteiger partial charge is 0.256 e. The number of carbonyl (C=O) groups is 2. The Morgan fingerprint density at radius 2 is 1.81 bits per heavy atom. The summed E-state index contributed by atoms with van der Waals surface area (Å²) < 4.78 is 6.16. The molecule has 0 spiro atoms. The molecule has 0 radical (unpaired) electrons. The molecule has 2 amide bonds. The van der Waals surface area contributed by atoms with Crippen molar-refractivity contribution in [1.82, 2.24) is 10.2 Å². The minimum Gasteiger partial charge on any atom is -0.465 e. The summed E-state index contributed by atoms with van der Waals surface area (Å²) in [7, 11) is 0. The third kappa shape index (κ3) is 4.01. The predicted molar refractivity (Wildman–Crippen MR) is 103 cm³/mol. The van der Waals surface area contributed by atoms with Gasteiger partial charge in [0, 0.05) is 19.5 Å². The maximum absolute atomic E-state index is 13.0. The van der Waals surface area contributed by atoms with Gasteiger partial charge in [-0.1, -0.05) is 30.3 Å². The quantitative estimate of drug-likeness (QED) is 0.806. The Labute approximate surface area is 161 Å². The number of carbonyl (C=O) groups excluding carboxylic acids is 2. The summed E-state index contributed by atoms with van der Waals surface area (Å²) in [6, 6.07) is 9.17. The van der Waals surface area contributed by atoms with E-state index in [1.165, 1.54) is 0 Å². The molecule has 1 N–H and O–H groups in total. The molecule has 1 aromatic carbocycles. The van der Waals surface area contributed by atoms with E-state index in [1.807, 2.05) is 35.2 Å². The number of benzene rings is 1. The van der Waals surface area contributed by atoms with Crippen LogP contribution < -0.4 is 5.32 Å². The fraction of sp³-hybridized carbons (Fsp3) is 0.400. The van der Waals surface area contributed by atoms with Gasteiger partial charge >= 0.3 is 0 Å². The number of furan rings is 1. The minimum absolute atomic E-state index is 0.0197. The van der Waals surface area contributed by atoms with Gasteiger partial charge in [0.15, 0.2) is 0 Å². The Balaban J connectivity index is 1.82. The number of nitrogens with one attached hydrogen (secondary N) is 1. The highest BCUT2D eigenvalue weighted by atomic mass is 79.9. The number of aryl methyl sites for hydroxylation is 2. The molecule has 1 fully saturated rings. The second kappa shape index (κ2) is 8.08. The van der Waals surface area contributed by atoms with Crippen molar-refractivity contribution in [3.05, 3.63) is 57.5 Å². The van der Waals surface area contributed by atoms with Gasteiger partial charge in [-0.05, 0) is 48.2 Å². The van der Waals surface area contributed by atoms with Gasteiger partial charge in [-0.25, -0.2) is 0 Å². The molecule has 138 valence electrons. The molecule has 1 unspecified atom stereocenters. The fourth-order valence-electron chi connectivity index (χ4n) is 3.35. The second-order valence-corrected chi connectivity index (χ2v) is 7.44. The SMILES string of the molecule is Cc1oc(C)c(C(=O)NC(Cc2ccccc2)C(=O)N2CCCC2)c1Br. The van der Waals surface area contributed by atoms with E-state index in [0.29, 0.717) is 28.0 Å². The number of amides is 2. The first-order valence-electron chi connectivity index (χ1n) is 8.86. The maximum Gasteiger partial charge on any atom is 0.256 e. The van der Waals surface area contributed by atoms with E-state index in [4.69, 9.17) is 4.42 Å². The van der Waals surface area contributed by atoms with Gasteiger partial charge in [-0.15, -0.1) is 0 Å². The van der Waals surface area contributed by atoms with Crippen LogP contribution in [0.3, 0.4) is 0 Å². The lowest BCUT2D eigenvalue weighted by Gasteiger charge is -2.24. The number of hydrogen-bond acceptors (Lipinski definition) is 3. The molecule has 3 rings (SSSR count). The third-order valence-electron chi connectivity index (χ3n) is 4.72. The van der Waals surface area contributed by atoms with E-state index in [-0.39, 0.29) is 11.8 Å². The molecular formula is C20H23BrN2O3. The summed E-state index contributed by atoms with van der Waals surface area (Å²) in [4.78, 5) is 27.7. The normalized spacial score (nSPS) is 15.1. The average Bonchev–Trinajstić information content (AvgIpc) is 3.23. The van der Waals surface area contributed by atoms with Crippen LogP contribution in [0.25, 0.3) is 0 Å². The summed E-state index contributed by atoms with van der Waals surface area (Å²) in [6.07, 6.45) is 2.50. The van der Waals surface area contributed by atoms with E-state index in [1.54, 1.807) is 13.8 Å². The summed E-state index contributed by atoms with van der Waals surface area (Å²) in [6.45, 7) is 5.06. The number of likely N-dealkylation sites (tertiary alicyclic amines) is 1. The van der Waals surface area contributed by atoms with E-state index in [2.05, 4.69) is 21.2 Å². The average molecular weight is 419 g/mol. The molecular weight excluding hydrogens is 396 g/mol. The van der Waals surface area contributed by atoms with Crippen molar-refractivity contribution in [1.29, 1.82) is 0 Å². The molecule has 0 aliphatic carbocycles. The predicted octanol–water partition coefficient (Wildman–Crippen LogP) is 3.62. The number of nitrogens with zero attached hydrogens (tertiary/aromatic N) is 1. The Kier molecular flexibility index (Phi) is 5.81. The molecule has 1 saturated heterocycles. The van der Waals surface area contributed by atoms with Crippen molar-refractivity contribution in [3.63, 3.8) is 0 Å². The molecule has 6 heteroatoms. The maximum atomic E-state index is 13.0. The van der Waals surface area contributed by atoms with Crippen molar-refractivity contribution < 1.29 is 14.0 Å². The van der Waals surface area contributed by atoms with Gasteiger partial charge in [0.25, 0.3) is 5.91 Å². The highest BCUT2D eigenvalue weighted by molar-refractivity contribution is 9.10. The molecule has 1 aliphatic rings. The van der Waals surface area contributed by atoms with E-state index < -0.39 is 6.04 Å². The van der Waals surface area contributed by atoms with Gasteiger partial charge in [0.1, 0.15) is 17.6 Å². The fourth-order valence-corrected chi connectivity index (χ4v) is 3.89. The van der Waals surface area contributed by atoms with Crippen LogP contribution in [0.1, 0.15) is 40.3 Å². The molecule has 0 bridgehead atoms. The zero-order chi connectivity index (χ0) is 18.7. The summed E-state index contributed by atoms with van der Waals surface area (Å²) in [5.41, 5.74) is 1.47. The molecule has 1 aromatic heterocycles. The van der Waals surface area contributed by atoms with Crippen molar-refractivity contribution >= 4 is 27.7 Å². The molecule has 2 heterocycles. The Morgan fingerprint density at radius 3 is 2.38 bits per heavy atom. The van der Waals surface area contributed by atoms with Crippen LogP contribution in [0.4, 0.5) is 0 Å². The van der Waals surface area contributed by atoms with E-state index >= 15 is 0 Å². The van der Waals surface area contributed by atoms with E-state index in [9.17, 15) is 9.59 Å². The monoisotopic (exact) mass is 418 g/mol. The minimum atomic E-state index is -0.593. The van der Waals surface area contributed by atoms with Crippen molar-refractivity contribution in [2.24, 2.45) is 0 Å². The Bertz CT molecular complexity index is 795. The largest absolute Gasteiger partial charge is 0.465 e. The Morgan fingerprint density at radius 1 is 1.15 bits per heavy atom. The van der Waals surface area contributed by atoms with Crippen LogP contribution in [-0.2, 0) is 11.2 Å². The lowest BCUT2D eigenvalue weighted by Crippen LogP contribution is -2.49.